The molecule has 1 N–H and O–H groups in total. The highest BCUT2D eigenvalue weighted by Crippen LogP contribution is 2.09. The highest BCUT2D eigenvalue weighted by molar-refractivity contribution is 5.70. The van der Waals surface area contributed by atoms with Crippen molar-refractivity contribution in [3.8, 4) is 0 Å². The first-order chi connectivity index (χ1) is 6.66. The molecular weight excluding hydrogens is 180 g/mol. The van der Waals surface area contributed by atoms with Crippen molar-refractivity contribution in [1.82, 2.24) is 0 Å². The number of hydrogen-bond donors (Lipinski definition) is 1. The molecule has 0 aliphatic heterocycles. The molecule has 0 radical (unpaired) electrons. The van der Waals surface area contributed by atoms with Gasteiger partial charge in [-0.3, -0.25) is 0 Å². The molecule has 0 bridgehead atoms. The third-order valence-corrected chi connectivity index (χ3v) is 2.07. The van der Waals surface area contributed by atoms with Crippen molar-refractivity contribution in [2.24, 2.45) is 5.92 Å². The van der Waals surface area contributed by atoms with Crippen LogP contribution in [-0.4, -0.2) is 24.3 Å². The molecule has 0 aliphatic carbocycles. The monoisotopic (exact) mass is 202 g/mol. The van der Waals surface area contributed by atoms with Crippen LogP contribution in [-0.2, 0) is 9.53 Å². The molecule has 14 heavy (non-hydrogen) atoms. The van der Waals surface area contributed by atoms with Gasteiger partial charge in [0.25, 0.3) is 0 Å². The lowest BCUT2D eigenvalue weighted by atomic mass is 10.0. The van der Waals surface area contributed by atoms with Crippen LogP contribution in [0.25, 0.3) is 0 Å². The number of carbonyl (C=O) groups excluding carboxylic acids is 1. The van der Waals surface area contributed by atoms with Crippen LogP contribution < -0.4 is 0 Å². The van der Waals surface area contributed by atoms with Gasteiger partial charge in [0.15, 0.2) is 0 Å². The highest BCUT2D eigenvalue weighted by Gasteiger charge is 1.98. The molecule has 0 amide bonds. The third-order valence-electron chi connectivity index (χ3n) is 2.07. The quantitative estimate of drug-likeness (QED) is 0.484. The summed E-state index contributed by atoms with van der Waals surface area (Å²) in [7, 11) is 0. The summed E-state index contributed by atoms with van der Waals surface area (Å²) in [6, 6.07) is 0. The van der Waals surface area contributed by atoms with Gasteiger partial charge in [0.05, 0.1) is 6.61 Å². The normalized spacial score (nSPS) is 10.6. The van der Waals surface area contributed by atoms with Crippen LogP contribution in [0.4, 0.5) is 0 Å². The van der Waals surface area contributed by atoms with E-state index in [-0.39, 0.29) is 0 Å². The van der Waals surface area contributed by atoms with E-state index in [4.69, 9.17) is 9.84 Å². The van der Waals surface area contributed by atoms with Gasteiger partial charge in [-0.15, -0.1) is 0 Å². The summed E-state index contributed by atoms with van der Waals surface area (Å²) >= 11 is 0. The maximum absolute atomic E-state index is 10.5. The third kappa shape index (κ3) is 9.52. The first-order valence-corrected chi connectivity index (χ1v) is 5.43. The van der Waals surface area contributed by atoms with Gasteiger partial charge in [-0.05, 0) is 12.3 Å². The zero-order valence-electron chi connectivity index (χ0n) is 9.29. The van der Waals surface area contributed by atoms with Crippen LogP contribution in [0.1, 0.15) is 46.0 Å². The van der Waals surface area contributed by atoms with E-state index in [1.54, 1.807) is 0 Å². The Balaban J connectivity index is 3.03. The average Bonchev–Trinajstić information content (AvgIpc) is 2.15. The Hall–Kier alpha value is -0.570. The number of hydrogen-bond acceptors (Lipinski definition) is 3. The van der Waals surface area contributed by atoms with Crippen molar-refractivity contribution in [2.75, 3.05) is 13.2 Å². The molecular formula is C11H22O3. The predicted molar refractivity (Wildman–Crippen MR) is 56.0 cm³/mol. The molecule has 0 saturated heterocycles. The molecule has 0 rings (SSSR count). The van der Waals surface area contributed by atoms with Crippen LogP contribution in [0.3, 0.4) is 0 Å². The summed E-state index contributed by atoms with van der Waals surface area (Å²) in [5.74, 6) is 0.259. The molecule has 3 nitrogen and oxygen atoms in total. The average molecular weight is 202 g/mol. The van der Waals surface area contributed by atoms with Crippen LogP contribution in [0, 0.1) is 5.92 Å². The minimum atomic E-state index is -0.521. The van der Waals surface area contributed by atoms with E-state index in [1.807, 2.05) is 0 Å². The topological polar surface area (TPSA) is 46.5 Å². The van der Waals surface area contributed by atoms with Crippen LogP contribution in [0.15, 0.2) is 0 Å². The molecule has 0 spiro atoms. The lowest BCUT2D eigenvalue weighted by Gasteiger charge is -2.04. The summed E-state index contributed by atoms with van der Waals surface area (Å²) in [5, 5.41) is 8.36. The minimum Gasteiger partial charge on any atom is -0.464 e. The van der Waals surface area contributed by atoms with E-state index in [2.05, 4.69) is 13.8 Å². The molecule has 0 unspecified atom stereocenters. The van der Waals surface area contributed by atoms with Crippen LogP contribution in [0.5, 0.6) is 0 Å². The van der Waals surface area contributed by atoms with Crippen molar-refractivity contribution in [3.63, 3.8) is 0 Å². The zero-order chi connectivity index (χ0) is 10.8. The molecule has 0 heterocycles. The number of esters is 1. The van der Waals surface area contributed by atoms with E-state index in [9.17, 15) is 4.79 Å². The standard InChI is InChI=1S/C11H22O3/c1-10(2)7-5-3-4-6-8-14-11(13)9-12/h10,12H,3-9H2,1-2H3. The summed E-state index contributed by atoms with van der Waals surface area (Å²) in [6.45, 7) is 4.39. The molecule has 0 atom stereocenters. The second kappa shape index (κ2) is 9.00. The predicted octanol–water partition coefficient (Wildman–Crippen LogP) is 2.13. The lowest BCUT2D eigenvalue weighted by Crippen LogP contribution is -2.09. The summed E-state index contributed by atoms with van der Waals surface area (Å²) in [5.41, 5.74) is 0. The SMILES string of the molecule is CC(C)CCCCCCOC(=O)CO. The highest BCUT2D eigenvalue weighted by atomic mass is 16.5. The fourth-order valence-corrected chi connectivity index (χ4v) is 1.24. The molecule has 0 aromatic rings. The van der Waals surface area contributed by atoms with Crippen LogP contribution in [0.2, 0.25) is 0 Å². The van der Waals surface area contributed by atoms with E-state index < -0.39 is 12.6 Å². The minimum absolute atomic E-state index is 0.446. The second-order valence-electron chi connectivity index (χ2n) is 3.98. The number of carbonyl (C=O) groups is 1. The van der Waals surface area contributed by atoms with E-state index in [0.717, 1.165) is 18.8 Å². The molecule has 0 aliphatic rings. The Bertz CT molecular complexity index is 143. The van der Waals surface area contributed by atoms with Gasteiger partial charge in [0, 0.05) is 0 Å². The van der Waals surface area contributed by atoms with Gasteiger partial charge in [-0.1, -0.05) is 39.5 Å². The van der Waals surface area contributed by atoms with Gasteiger partial charge < -0.3 is 9.84 Å². The Morgan fingerprint density at radius 3 is 2.43 bits per heavy atom. The molecule has 0 fully saturated rings. The lowest BCUT2D eigenvalue weighted by molar-refractivity contribution is -0.147. The Morgan fingerprint density at radius 1 is 1.21 bits per heavy atom. The fourth-order valence-electron chi connectivity index (χ4n) is 1.24. The number of rotatable bonds is 8. The Morgan fingerprint density at radius 2 is 1.86 bits per heavy atom. The van der Waals surface area contributed by atoms with Crippen LogP contribution >= 0.6 is 0 Å². The van der Waals surface area contributed by atoms with Gasteiger partial charge >= 0.3 is 5.97 Å². The molecule has 3 heteroatoms. The summed E-state index contributed by atoms with van der Waals surface area (Å²) < 4.78 is 4.73. The van der Waals surface area contributed by atoms with Crippen molar-refractivity contribution in [1.29, 1.82) is 0 Å². The maximum Gasteiger partial charge on any atom is 0.331 e. The summed E-state index contributed by atoms with van der Waals surface area (Å²) in [6.07, 6.45) is 5.74. The van der Waals surface area contributed by atoms with Crippen molar-refractivity contribution in [3.05, 3.63) is 0 Å². The van der Waals surface area contributed by atoms with E-state index in [0.29, 0.717) is 6.61 Å². The van der Waals surface area contributed by atoms with E-state index >= 15 is 0 Å². The number of aliphatic hydroxyl groups is 1. The fraction of sp³-hybridized carbons (Fsp3) is 0.909. The van der Waals surface area contributed by atoms with Gasteiger partial charge in [-0.2, -0.15) is 0 Å². The zero-order valence-corrected chi connectivity index (χ0v) is 9.29. The molecule has 0 aromatic heterocycles. The van der Waals surface area contributed by atoms with Gasteiger partial charge in [-0.25, -0.2) is 4.79 Å². The molecule has 84 valence electrons. The first kappa shape index (κ1) is 13.4. The largest absolute Gasteiger partial charge is 0.464 e. The first-order valence-electron chi connectivity index (χ1n) is 5.43. The second-order valence-corrected chi connectivity index (χ2v) is 3.98. The van der Waals surface area contributed by atoms with Gasteiger partial charge in [0.1, 0.15) is 6.61 Å². The summed E-state index contributed by atoms with van der Waals surface area (Å²) in [4.78, 5) is 10.5. The number of ether oxygens (including phenoxy) is 1. The van der Waals surface area contributed by atoms with Crippen molar-refractivity contribution < 1.29 is 14.6 Å². The smallest absolute Gasteiger partial charge is 0.331 e. The van der Waals surface area contributed by atoms with Crippen molar-refractivity contribution >= 4 is 5.97 Å². The number of unbranched alkanes of at least 4 members (excludes halogenated alkanes) is 3. The number of aliphatic hydroxyl groups excluding tert-OH is 1. The van der Waals surface area contributed by atoms with Crippen molar-refractivity contribution in [2.45, 2.75) is 46.0 Å². The Labute approximate surface area is 86.5 Å². The Kier molecular flexibility index (Phi) is 8.64. The maximum atomic E-state index is 10.5. The van der Waals surface area contributed by atoms with Gasteiger partial charge in [0.2, 0.25) is 0 Å². The molecule has 0 saturated carbocycles. The van der Waals surface area contributed by atoms with E-state index in [1.165, 1.54) is 19.3 Å². The molecule has 0 aromatic carbocycles.